The predicted octanol–water partition coefficient (Wildman–Crippen LogP) is 4.76. The third-order valence-electron chi connectivity index (χ3n) is 5.83. The molecule has 0 fully saturated rings. The first kappa shape index (κ1) is 21.1. The van der Waals surface area contributed by atoms with Gasteiger partial charge in [-0.1, -0.05) is 12.1 Å². The lowest BCUT2D eigenvalue weighted by atomic mass is 10.1. The lowest BCUT2D eigenvalue weighted by molar-refractivity contribution is 0.261. The molecule has 0 bridgehead atoms. The summed E-state index contributed by atoms with van der Waals surface area (Å²) in [5.41, 5.74) is 6.96. The highest BCUT2D eigenvalue weighted by atomic mass is 16.5. The summed E-state index contributed by atoms with van der Waals surface area (Å²) in [5, 5.41) is 8.52. The third-order valence-corrected chi connectivity index (χ3v) is 5.83. The lowest BCUT2D eigenvalue weighted by Crippen LogP contribution is -2.19. The van der Waals surface area contributed by atoms with E-state index in [0.717, 1.165) is 56.6 Å². The molecule has 0 saturated carbocycles. The van der Waals surface area contributed by atoms with E-state index in [1.54, 1.807) is 31.1 Å². The van der Waals surface area contributed by atoms with E-state index in [2.05, 4.69) is 30.0 Å². The number of hydrogen-bond donors (Lipinski definition) is 2. The molecule has 6 rings (SSSR count). The SMILES string of the molecule is CN(C)CCOc1cncc(-c2cc3c(-c4nc5c(-c6ccoc6)cccc5[nH]4)n[nH]c3cn2)c1. The Hall–Kier alpha value is -4.50. The smallest absolute Gasteiger partial charge is 0.159 e. The minimum Gasteiger partial charge on any atom is -0.491 e. The zero-order valence-electron chi connectivity index (χ0n) is 19.3. The van der Waals surface area contributed by atoms with Crippen molar-refractivity contribution in [3.05, 3.63) is 67.5 Å². The van der Waals surface area contributed by atoms with Gasteiger partial charge in [-0.05, 0) is 38.4 Å². The Morgan fingerprint density at radius 3 is 2.83 bits per heavy atom. The lowest BCUT2D eigenvalue weighted by Gasteiger charge is -2.11. The largest absolute Gasteiger partial charge is 0.491 e. The van der Waals surface area contributed by atoms with E-state index in [1.807, 2.05) is 50.5 Å². The molecule has 0 amide bonds. The van der Waals surface area contributed by atoms with Crippen LogP contribution in [-0.4, -0.2) is 62.3 Å². The number of furan rings is 1. The molecule has 2 N–H and O–H groups in total. The summed E-state index contributed by atoms with van der Waals surface area (Å²) in [6, 6.07) is 11.9. The summed E-state index contributed by atoms with van der Waals surface area (Å²) in [7, 11) is 4.03. The molecular formula is C26H23N7O2. The fourth-order valence-electron chi connectivity index (χ4n) is 4.03. The Balaban J connectivity index is 1.38. The zero-order chi connectivity index (χ0) is 23.8. The van der Waals surface area contributed by atoms with Crippen molar-refractivity contribution in [2.24, 2.45) is 0 Å². The van der Waals surface area contributed by atoms with Crippen molar-refractivity contribution in [3.8, 4) is 39.7 Å². The maximum absolute atomic E-state index is 5.85. The second-order valence-electron chi connectivity index (χ2n) is 8.55. The standard InChI is InChI=1S/C26H23N7O2/c1-33(2)7-9-35-18-10-17(12-27-13-18)22-11-20-23(14-28-22)31-32-25(20)26-29-21-5-3-4-19(24(21)30-26)16-6-8-34-15-16/h3-6,8,10-15H,7,9H2,1-2H3,(H,29,30)(H,31,32). The van der Waals surface area contributed by atoms with Crippen LogP contribution in [0.5, 0.6) is 5.75 Å². The van der Waals surface area contributed by atoms with Gasteiger partial charge in [-0.2, -0.15) is 5.10 Å². The molecule has 0 saturated heterocycles. The van der Waals surface area contributed by atoms with Crippen LogP contribution < -0.4 is 4.74 Å². The van der Waals surface area contributed by atoms with Gasteiger partial charge in [0.25, 0.3) is 0 Å². The minimum atomic E-state index is 0.587. The van der Waals surface area contributed by atoms with Gasteiger partial charge in [-0.15, -0.1) is 0 Å². The van der Waals surface area contributed by atoms with Crippen LogP contribution in [0.15, 0.2) is 71.9 Å². The van der Waals surface area contributed by atoms with Gasteiger partial charge < -0.3 is 19.0 Å². The van der Waals surface area contributed by atoms with Crippen LogP contribution in [0.1, 0.15) is 0 Å². The number of fused-ring (bicyclic) bond motifs is 2. The van der Waals surface area contributed by atoms with Crippen molar-refractivity contribution in [1.82, 2.24) is 35.0 Å². The first-order valence-electron chi connectivity index (χ1n) is 11.2. The first-order valence-corrected chi connectivity index (χ1v) is 11.2. The fraction of sp³-hybridized carbons (Fsp3) is 0.154. The molecule has 0 spiro atoms. The summed E-state index contributed by atoms with van der Waals surface area (Å²) < 4.78 is 11.1. The maximum atomic E-state index is 5.85. The number of hydrogen-bond acceptors (Lipinski definition) is 7. The molecule has 1 aromatic carbocycles. The predicted molar refractivity (Wildman–Crippen MR) is 134 cm³/mol. The molecule has 174 valence electrons. The van der Waals surface area contributed by atoms with Gasteiger partial charge in [0.1, 0.15) is 18.1 Å². The Labute approximate surface area is 200 Å². The van der Waals surface area contributed by atoms with Crippen LogP contribution in [0, 0.1) is 0 Å². The van der Waals surface area contributed by atoms with E-state index in [0.29, 0.717) is 18.2 Å². The molecule has 0 radical (unpaired) electrons. The van der Waals surface area contributed by atoms with E-state index in [9.17, 15) is 0 Å². The zero-order valence-corrected chi connectivity index (χ0v) is 19.3. The molecule has 0 aliphatic rings. The van der Waals surface area contributed by atoms with Crippen LogP contribution in [0.3, 0.4) is 0 Å². The number of ether oxygens (including phenoxy) is 1. The normalized spacial score (nSPS) is 11.6. The average molecular weight is 466 g/mol. The summed E-state index contributed by atoms with van der Waals surface area (Å²) in [6.45, 7) is 1.41. The van der Waals surface area contributed by atoms with Gasteiger partial charge in [0.2, 0.25) is 0 Å². The Morgan fingerprint density at radius 1 is 1.03 bits per heavy atom. The van der Waals surface area contributed by atoms with Gasteiger partial charge in [-0.25, -0.2) is 4.98 Å². The molecule has 0 aliphatic heterocycles. The van der Waals surface area contributed by atoms with Gasteiger partial charge >= 0.3 is 0 Å². The number of likely N-dealkylation sites (N-methyl/N-ethyl adjacent to an activating group) is 1. The highest BCUT2D eigenvalue weighted by Crippen LogP contribution is 2.32. The molecule has 9 nitrogen and oxygen atoms in total. The number of imidazole rings is 1. The van der Waals surface area contributed by atoms with Gasteiger partial charge in [0, 0.05) is 34.8 Å². The topological polar surface area (TPSA) is 109 Å². The molecule has 0 aliphatic carbocycles. The van der Waals surface area contributed by atoms with Crippen LogP contribution in [0.2, 0.25) is 0 Å². The Kier molecular flexibility index (Phi) is 5.23. The summed E-state index contributed by atoms with van der Waals surface area (Å²) in [4.78, 5) is 19.3. The molecule has 5 heterocycles. The number of nitrogens with one attached hydrogen (secondary N) is 2. The van der Waals surface area contributed by atoms with Crippen LogP contribution in [0.25, 0.3) is 55.8 Å². The van der Waals surface area contributed by atoms with Crippen molar-refractivity contribution >= 4 is 21.9 Å². The highest BCUT2D eigenvalue weighted by molar-refractivity contribution is 5.97. The average Bonchev–Trinajstić information content (AvgIpc) is 3.62. The number of aromatic amines is 2. The number of aromatic nitrogens is 6. The molecule has 0 atom stereocenters. The Morgan fingerprint density at radius 2 is 1.97 bits per heavy atom. The number of benzene rings is 1. The number of para-hydroxylation sites is 1. The van der Waals surface area contributed by atoms with Crippen LogP contribution >= 0.6 is 0 Å². The number of H-pyrrole nitrogens is 2. The molecule has 0 unspecified atom stereocenters. The number of rotatable bonds is 7. The highest BCUT2D eigenvalue weighted by Gasteiger charge is 2.16. The van der Waals surface area contributed by atoms with Crippen molar-refractivity contribution < 1.29 is 9.15 Å². The van der Waals surface area contributed by atoms with E-state index in [1.165, 1.54) is 0 Å². The van der Waals surface area contributed by atoms with Crippen molar-refractivity contribution in [2.75, 3.05) is 27.2 Å². The summed E-state index contributed by atoms with van der Waals surface area (Å²) in [6.07, 6.45) is 8.66. The second-order valence-corrected chi connectivity index (χ2v) is 8.55. The first-order chi connectivity index (χ1) is 17.2. The van der Waals surface area contributed by atoms with Crippen LogP contribution in [-0.2, 0) is 0 Å². The van der Waals surface area contributed by atoms with Gasteiger partial charge in [0.15, 0.2) is 5.82 Å². The number of nitrogens with zero attached hydrogens (tertiary/aromatic N) is 5. The maximum Gasteiger partial charge on any atom is 0.159 e. The molecule has 9 heteroatoms. The van der Waals surface area contributed by atoms with Crippen molar-refractivity contribution in [2.45, 2.75) is 0 Å². The quantitative estimate of drug-likeness (QED) is 0.350. The number of pyridine rings is 2. The monoisotopic (exact) mass is 465 g/mol. The van der Waals surface area contributed by atoms with E-state index >= 15 is 0 Å². The van der Waals surface area contributed by atoms with E-state index in [4.69, 9.17) is 14.1 Å². The van der Waals surface area contributed by atoms with Crippen molar-refractivity contribution in [1.29, 1.82) is 0 Å². The minimum absolute atomic E-state index is 0.587. The van der Waals surface area contributed by atoms with Gasteiger partial charge in [-0.3, -0.25) is 15.1 Å². The third kappa shape index (κ3) is 4.02. The fourth-order valence-corrected chi connectivity index (χ4v) is 4.03. The Bertz CT molecular complexity index is 1620. The summed E-state index contributed by atoms with van der Waals surface area (Å²) >= 11 is 0. The summed E-state index contributed by atoms with van der Waals surface area (Å²) in [5.74, 6) is 1.39. The van der Waals surface area contributed by atoms with Gasteiger partial charge in [0.05, 0.1) is 47.2 Å². The van der Waals surface area contributed by atoms with E-state index in [-0.39, 0.29) is 0 Å². The molecule has 6 aromatic rings. The van der Waals surface area contributed by atoms with Crippen LogP contribution in [0.4, 0.5) is 0 Å². The molecular weight excluding hydrogens is 442 g/mol. The molecule has 35 heavy (non-hydrogen) atoms. The van der Waals surface area contributed by atoms with Crippen molar-refractivity contribution in [3.63, 3.8) is 0 Å². The van der Waals surface area contributed by atoms with E-state index < -0.39 is 0 Å². The second kappa shape index (κ2) is 8.69. The molecule has 5 aromatic heterocycles.